The summed E-state index contributed by atoms with van der Waals surface area (Å²) in [7, 11) is -2.13. The minimum Gasteiger partial charge on any atom is -0.548 e. The topological polar surface area (TPSA) is 170 Å². The summed E-state index contributed by atoms with van der Waals surface area (Å²) >= 11 is 0. The van der Waals surface area contributed by atoms with Gasteiger partial charge in [0, 0.05) is 19.0 Å². The van der Waals surface area contributed by atoms with Crippen molar-refractivity contribution in [2.75, 3.05) is 19.3 Å². The first kappa shape index (κ1) is 23.8. The number of hydrogen-bond acceptors (Lipinski definition) is 7. The van der Waals surface area contributed by atoms with Crippen LogP contribution in [0.5, 0.6) is 0 Å². The number of carboxylic acids is 2. The van der Waals surface area contributed by atoms with Gasteiger partial charge in [-0.3, -0.25) is 9.35 Å². The largest absolute Gasteiger partial charge is 1.00 e. The SMILES string of the molecule is CNCCS(=O)(=O)O.NC(CCC(=O)O)C(=O)[O-].[Na+]. The van der Waals surface area contributed by atoms with Crippen molar-refractivity contribution in [1.82, 2.24) is 5.32 Å². The molecule has 0 saturated carbocycles. The first-order valence-electron chi connectivity index (χ1n) is 4.88. The first-order chi connectivity index (χ1) is 8.10. The molecule has 0 radical (unpaired) electrons. The third kappa shape index (κ3) is 23.3. The molecule has 9 nitrogen and oxygen atoms in total. The molecule has 0 fully saturated rings. The second kappa shape index (κ2) is 12.8. The molecular weight excluding hydrogens is 291 g/mol. The van der Waals surface area contributed by atoms with Gasteiger partial charge in [-0.25, -0.2) is 0 Å². The minimum atomic E-state index is -3.75. The molecule has 0 aromatic carbocycles. The van der Waals surface area contributed by atoms with E-state index >= 15 is 0 Å². The molecule has 11 heteroatoms. The zero-order valence-electron chi connectivity index (χ0n) is 10.8. The molecule has 0 bridgehead atoms. The molecule has 5 N–H and O–H groups in total. The molecule has 0 aliphatic heterocycles. The maximum atomic E-state index is 9.91. The normalized spacial score (nSPS) is 11.5. The van der Waals surface area contributed by atoms with Crippen LogP contribution >= 0.6 is 0 Å². The average molecular weight is 308 g/mol. The van der Waals surface area contributed by atoms with Crippen LogP contribution < -0.4 is 45.7 Å². The van der Waals surface area contributed by atoms with Gasteiger partial charge in [-0.15, -0.1) is 0 Å². The Balaban J connectivity index is -0.000000262. The Morgan fingerprint density at radius 3 is 2.11 bits per heavy atom. The van der Waals surface area contributed by atoms with Gasteiger partial charge in [0.15, 0.2) is 0 Å². The Labute approximate surface area is 133 Å². The molecule has 0 rings (SSSR count). The molecule has 0 aliphatic rings. The minimum absolute atomic E-state index is 0. The number of nitrogens with two attached hydrogens (primary N) is 1. The van der Waals surface area contributed by atoms with Crippen molar-refractivity contribution in [3.05, 3.63) is 0 Å². The van der Waals surface area contributed by atoms with E-state index in [0.29, 0.717) is 6.54 Å². The molecular formula is C8H17N2NaO7S. The Bertz CT molecular complexity index is 360. The molecule has 0 heterocycles. The quantitative estimate of drug-likeness (QED) is 0.264. The van der Waals surface area contributed by atoms with E-state index in [1.165, 1.54) is 0 Å². The van der Waals surface area contributed by atoms with Crippen molar-refractivity contribution < 1.29 is 62.3 Å². The predicted octanol–water partition coefficient (Wildman–Crippen LogP) is -5.97. The fraction of sp³-hybridized carbons (Fsp3) is 0.750. The molecule has 0 aromatic rings. The zero-order valence-corrected chi connectivity index (χ0v) is 13.6. The van der Waals surface area contributed by atoms with E-state index in [9.17, 15) is 23.1 Å². The fourth-order valence-electron chi connectivity index (χ4n) is 0.628. The number of carboxylic acid groups (broad SMARTS) is 2. The summed E-state index contributed by atoms with van der Waals surface area (Å²) in [5.41, 5.74) is 4.94. The van der Waals surface area contributed by atoms with Crippen LogP contribution in [-0.4, -0.2) is 55.4 Å². The van der Waals surface area contributed by atoms with Crippen LogP contribution in [0.3, 0.4) is 0 Å². The van der Waals surface area contributed by atoms with Crippen molar-refractivity contribution in [2.45, 2.75) is 18.9 Å². The number of rotatable bonds is 7. The van der Waals surface area contributed by atoms with E-state index in [4.69, 9.17) is 15.4 Å². The number of nitrogens with one attached hydrogen (secondary N) is 1. The van der Waals surface area contributed by atoms with Crippen LogP contribution in [0.4, 0.5) is 0 Å². The molecule has 0 amide bonds. The van der Waals surface area contributed by atoms with Gasteiger partial charge in [-0.1, -0.05) is 0 Å². The van der Waals surface area contributed by atoms with E-state index in [0.717, 1.165) is 0 Å². The molecule has 0 saturated heterocycles. The van der Waals surface area contributed by atoms with Crippen molar-refractivity contribution in [1.29, 1.82) is 0 Å². The van der Waals surface area contributed by atoms with Gasteiger partial charge in [-0.2, -0.15) is 8.42 Å². The molecule has 0 aliphatic carbocycles. The van der Waals surface area contributed by atoms with Crippen molar-refractivity contribution >= 4 is 22.1 Å². The van der Waals surface area contributed by atoms with E-state index in [1.54, 1.807) is 7.05 Å². The summed E-state index contributed by atoms with van der Waals surface area (Å²) in [5, 5.41) is 20.5. The van der Waals surface area contributed by atoms with Crippen LogP contribution in [0.1, 0.15) is 12.8 Å². The summed E-state index contributed by atoms with van der Waals surface area (Å²) in [6.45, 7) is 0.291. The molecule has 0 spiro atoms. The molecule has 19 heavy (non-hydrogen) atoms. The Hall–Kier alpha value is -0.230. The summed E-state index contributed by atoms with van der Waals surface area (Å²) in [6, 6.07) is -1.17. The zero-order chi connectivity index (χ0) is 14.8. The van der Waals surface area contributed by atoms with Crippen LogP contribution in [0.15, 0.2) is 0 Å². The maximum Gasteiger partial charge on any atom is 1.00 e. The third-order valence-electron chi connectivity index (χ3n) is 1.58. The second-order valence-corrected chi connectivity index (χ2v) is 4.82. The van der Waals surface area contributed by atoms with Gasteiger partial charge in [0.2, 0.25) is 0 Å². The standard InChI is InChI=1S/C5H9NO4.C3H9NO3S.Na/c6-3(5(9)10)1-2-4(7)8;1-4-2-3-8(5,6)7;/h3H,1-2,6H2,(H,7,8)(H,9,10);4H,2-3H2,1H3,(H,5,6,7);/q;;+1/p-1. The third-order valence-corrected chi connectivity index (χ3v) is 2.30. The molecule has 0 aromatic heterocycles. The van der Waals surface area contributed by atoms with E-state index in [-0.39, 0.29) is 48.2 Å². The van der Waals surface area contributed by atoms with Crippen molar-refractivity contribution in [3.63, 3.8) is 0 Å². The average Bonchev–Trinajstić information content (AvgIpc) is 2.22. The Kier molecular flexibility index (Phi) is 16.0. The van der Waals surface area contributed by atoms with Gasteiger partial charge in [0.05, 0.1) is 11.7 Å². The van der Waals surface area contributed by atoms with Crippen LogP contribution in [0.25, 0.3) is 0 Å². The molecule has 108 valence electrons. The van der Waals surface area contributed by atoms with Gasteiger partial charge in [0.1, 0.15) is 0 Å². The fourth-order valence-corrected chi connectivity index (χ4v) is 1.09. The van der Waals surface area contributed by atoms with E-state index in [2.05, 4.69) is 5.32 Å². The van der Waals surface area contributed by atoms with Gasteiger partial charge in [0.25, 0.3) is 10.1 Å². The molecule has 1 unspecified atom stereocenters. The maximum absolute atomic E-state index is 9.91. The molecule has 1 atom stereocenters. The van der Waals surface area contributed by atoms with Gasteiger partial charge < -0.3 is 26.1 Å². The van der Waals surface area contributed by atoms with Gasteiger partial charge in [-0.05, 0) is 13.5 Å². The Morgan fingerprint density at radius 1 is 1.42 bits per heavy atom. The van der Waals surface area contributed by atoms with Crippen LogP contribution in [0.2, 0.25) is 0 Å². The number of aliphatic carboxylic acids is 2. The van der Waals surface area contributed by atoms with Gasteiger partial charge >= 0.3 is 35.5 Å². The summed E-state index contributed by atoms with van der Waals surface area (Å²) in [6.07, 6.45) is -0.327. The number of hydrogen-bond donors (Lipinski definition) is 4. The Morgan fingerprint density at radius 2 is 1.89 bits per heavy atom. The van der Waals surface area contributed by atoms with E-state index in [1.807, 2.05) is 0 Å². The number of carbonyl (C=O) groups excluding carboxylic acids is 1. The summed E-state index contributed by atoms with van der Waals surface area (Å²) in [4.78, 5) is 19.7. The van der Waals surface area contributed by atoms with Crippen LogP contribution in [0, 0.1) is 0 Å². The van der Waals surface area contributed by atoms with E-state index < -0.39 is 28.1 Å². The second-order valence-electron chi connectivity index (χ2n) is 3.25. The van der Waals surface area contributed by atoms with Crippen LogP contribution in [-0.2, 0) is 19.7 Å². The van der Waals surface area contributed by atoms with Crippen molar-refractivity contribution in [2.24, 2.45) is 5.73 Å². The van der Waals surface area contributed by atoms with Crippen molar-refractivity contribution in [3.8, 4) is 0 Å². The monoisotopic (exact) mass is 308 g/mol. The smallest absolute Gasteiger partial charge is 0.548 e. The summed E-state index contributed by atoms with van der Waals surface area (Å²) < 4.78 is 27.9. The predicted molar refractivity (Wildman–Crippen MR) is 60.2 cm³/mol. The summed E-state index contributed by atoms with van der Waals surface area (Å²) in [5.74, 6) is -2.69. The first-order valence-corrected chi connectivity index (χ1v) is 6.49. The number of carbonyl (C=O) groups is 2.